The summed E-state index contributed by atoms with van der Waals surface area (Å²) in [6.45, 7) is 4.78. The number of ether oxygens (including phenoxy) is 2. The molecular weight excluding hydrogens is 632 g/mol. The van der Waals surface area contributed by atoms with Crippen molar-refractivity contribution in [3.63, 3.8) is 0 Å². The van der Waals surface area contributed by atoms with Gasteiger partial charge >= 0.3 is 0 Å². The molecule has 0 saturated carbocycles. The summed E-state index contributed by atoms with van der Waals surface area (Å²) in [6, 6.07) is 32.0. The van der Waals surface area contributed by atoms with E-state index in [4.69, 9.17) is 9.47 Å². The Hall–Kier alpha value is -4.87. The van der Waals surface area contributed by atoms with Crippen LogP contribution in [0.2, 0.25) is 0 Å². The van der Waals surface area contributed by atoms with Crippen molar-refractivity contribution in [3.05, 3.63) is 131 Å². The van der Waals surface area contributed by atoms with Gasteiger partial charge in [-0.05, 0) is 60.4 Å². The second-order valence-electron chi connectivity index (χ2n) is 13.7. The molecular formula is C40H40N4O6. The van der Waals surface area contributed by atoms with Crippen LogP contribution in [-0.4, -0.2) is 65.7 Å². The van der Waals surface area contributed by atoms with E-state index in [2.05, 4.69) is 34.2 Å². The van der Waals surface area contributed by atoms with Gasteiger partial charge in [0.2, 0.25) is 5.91 Å². The van der Waals surface area contributed by atoms with E-state index >= 15 is 0 Å². The fourth-order valence-electron chi connectivity index (χ4n) is 7.92. The fraction of sp³-hybridized carbons (Fsp3) is 0.325. The number of amides is 3. The van der Waals surface area contributed by atoms with Gasteiger partial charge in [0.25, 0.3) is 11.8 Å². The number of anilines is 2. The van der Waals surface area contributed by atoms with E-state index in [9.17, 15) is 19.5 Å². The lowest BCUT2D eigenvalue weighted by Gasteiger charge is -2.46. The number of likely N-dealkylation sites (tertiary alicyclic amines) is 1. The number of para-hydroxylation sites is 1. The van der Waals surface area contributed by atoms with Gasteiger partial charge in [-0.2, -0.15) is 0 Å². The Morgan fingerprint density at radius 3 is 2.02 bits per heavy atom. The van der Waals surface area contributed by atoms with Gasteiger partial charge in [0.15, 0.2) is 6.29 Å². The van der Waals surface area contributed by atoms with Crippen molar-refractivity contribution < 1.29 is 29.0 Å². The maximum atomic E-state index is 13.3. The van der Waals surface area contributed by atoms with E-state index in [0.717, 1.165) is 35.5 Å². The van der Waals surface area contributed by atoms with Crippen LogP contribution in [0, 0.1) is 5.92 Å². The van der Waals surface area contributed by atoms with E-state index < -0.39 is 11.8 Å². The quantitative estimate of drug-likeness (QED) is 0.258. The van der Waals surface area contributed by atoms with Crippen LogP contribution in [0.4, 0.5) is 11.4 Å². The van der Waals surface area contributed by atoms with E-state index in [1.165, 1.54) is 4.90 Å². The Kier molecular flexibility index (Phi) is 8.48. The minimum Gasteiger partial charge on any atom is -0.392 e. The third-order valence-corrected chi connectivity index (χ3v) is 10.9. The minimum atomic E-state index is -0.694. The molecule has 4 atom stereocenters. The lowest BCUT2D eigenvalue weighted by molar-refractivity contribution is -0.276. The molecule has 4 aliphatic heterocycles. The summed E-state index contributed by atoms with van der Waals surface area (Å²) in [7, 11) is 0. The first-order valence-corrected chi connectivity index (χ1v) is 17.3. The Bertz CT molecular complexity index is 1860. The zero-order valence-corrected chi connectivity index (χ0v) is 27.9. The number of aliphatic hydroxyl groups is 1. The van der Waals surface area contributed by atoms with Crippen molar-refractivity contribution in [2.24, 2.45) is 5.92 Å². The largest absolute Gasteiger partial charge is 0.392 e. The van der Waals surface area contributed by atoms with Crippen LogP contribution < -0.4 is 15.1 Å². The summed E-state index contributed by atoms with van der Waals surface area (Å²) >= 11 is 0. The molecule has 3 saturated heterocycles. The van der Waals surface area contributed by atoms with E-state index in [0.29, 0.717) is 42.9 Å². The van der Waals surface area contributed by atoms with Crippen molar-refractivity contribution in [3.8, 4) is 0 Å². The van der Waals surface area contributed by atoms with Crippen molar-refractivity contribution in [1.29, 1.82) is 0 Å². The number of benzene rings is 4. The summed E-state index contributed by atoms with van der Waals surface area (Å²) < 4.78 is 13.4. The molecule has 10 nitrogen and oxygen atoms in total. The normalized spacial score (nSPS) is 24.9. The lowest BCUT2D eigenvalue weighted by atomic mass is 9.84. The van der Waals surface area contributed by atoms with Crippen LogP contribution in [0.25, 0.3) is 0 Å². The monoisotopic (exact) mass is 672 g/mol. The number of hydrogen-bond donors (Lipinski definition) is 2. The Balaban J connectivity index is 1.02. The second-order valence-corrected chi connectivity index (χ2v) is 13.7. The van der Waals surface area contributed by atoms with E-state index in [1.807, 2.05) is 54.6 Å². The lowest BCUT2D eigenvalue weighted by Crippen LogP contribution is -2.57. The van der Waals surface area contributed by atoms with Crippen molar-refractivity contribution >= 4 is 29.1 Å². The minimum absolute atomic E-state index is 0.00432. The number of rotatable bonds is 7. The highest BCUT2D eigenvalue weighted by Crippen LogP contribution is 2.43. The third-order valence-electron chi connectivity index (χ3n) is 10.9. The summed E-state index contributed by atoms with van der Waals surface area (Å²) in [4.78, 5) is 45.3. The molecule has 0 aromatic heterocycles. The molecule has 3 amide bonds. The molecule has 50 heavy (non-hydrogen) atoms. The molecule has 0 aliphatic carbocycles. The first-order valence-electron chi connectivity index (χ1n) is 17.3. The zero-order chi connectivity index (χ0) is 34.4. The van der Waals surface area contributed by atoms with Gasteiger partial charge in [-0.25, -0.2) is 4.90 Å². The summed E-state index contributed by atoms with van der Waals surface area (Å²) in [5.41, 5.74) is 4.36. The average molecular weight is 673 g/mol. The predicted octanol–water partition coefficient (Wildman–Crippen LogP) is 5.20. The predicted molar refractivity (Wildman–Crippen MR) is 187 cm³/mol. The van der Waals surface area contributed by atoms with Crippen molar-refractivity contribution in [2.75, 3.05) is 36.1 Å². The zero-order valence-electron chi connectivity index (χ0n) is 27.9. The van der Waals surface area contributed by atoms with Gasteiger partial charge in [0.1, 0.15) is 5.54 Å². The first kappa shape index (κ1) is 32.3. The fourth-order valence-corrected chi connectivity index (χ4v) is 7.92. The molecule has 4 heterocycles. The third kappa shape index (κ3) is 5.58. The molecule has 3 fully saturated rings. The first-order chi connectivity index (χ1) is 24.4. The van der Waals surface area contributed by atoms with Gasteiger partial charge in [0, 0.05) is 36.8 Å². The number of aliphatic hydroxyl groups excluding tert-OH is 1. The van der Waals surface area contributed by atoms with Crippen LogP contribution >= 0.6 is 0 Å². The van der Waals surface area contributed by atoms with E-state index in [-0.39, 0.29) is 42.5 Å². The molecule has 2 N–H and O–H groups in total. The van der Waals surface area contributed by atoms with Crippen molar-refractivity contribution in [1.82, 2.24) is 10.2 Å². The number of nitrogens with one attached hydrogen (secondary N) is 1. The molecule has 0 bridgehead atoms. The molecule has 4 aromatic rings. The Morgan fingerprint density at radius 2 is 1.38 bits per heavy atom. The number of nitrogens with zero attached hydrogens (tertiary/aromatic N) is 3. The molecule has 10 heteroatoms. The highest BCUT2D eigenvalue weighted by molar-refractivity contribution is 6.34. The standard InChI is InChI=1S/C40H40N4O6/c1-26-34(23-42-21-19-40(20-22-42)39(48)41-25-43(40)30-7-3-2-4-8-30)49-38(50-35(26)28-13-11-27(24-45)12-14-28)29-15-17-31(18-16-29)44-36(46)32-9-5-6-10-33(32)37(44)47/h2-18,26,34-35,38,45H,19-25H2,1H3,(H,41,48). The van der Waals surface area contributed by atoms with Gasteiger partial charge in [-0.15, -0.1) is 0 Å². The van der Waals surface area contributed by atoms with Crippen LogP contribution in [0.3, 0.4) is 0 Å². The van der Waals surface area contributed by atoms with Crippen LogP contribution in [0.15, 0.2) is 103 Å². The smallest absolute Gasteiger partial charge is 0.266 e. The molecule has 4 aliphatic rings. The number of fused-ring (bicyclic) bond motifs is 1. The molecule has 8 rings (SSSR count). The maximum Gasteiger partial charge on any atom is 0.266 e. The van der Waals surface area contributed by atoms with Gasteiger partial charge in [0.05, 0.1) is 42.3 Å². The molecule has 1 spiro atoms. The number of carbonyl (C=O) groups is 3. The summed E-state index contributed by atoms with van der Waals surface area (Å²) in [5, 5.41) is 12.7. The highest BCUT2D eigenvalue weighted by atomic mass is 16.7. The molecule has 4 unspecified atom stereocenters. The Morgan fingerprint density at radius 1 is 0.760 bits per heavy atom. The van der Waals surface area contributed by atoms with Gasteiger partial charge in [-0.1, -0.05) is 73.7 Å². The number of hydrogen-bond acceptors (Lipinski definition) is 8. The molecule has 0 radical (unpaired) electrons. The summed E-state index contributed by atoms with van der Waals surface area (Å²) in [5.74, 6) is -0.591. The van der Waals surface area contributed by atoms with Gasteiger partial charge < -0.3 is 29.7 Å². The van der Waals surface area contributed by atoms with Crippen LogP contribution in [-0.2, 0) is 20.9 Å². The average Bonchev–Trinajstić information content (AvgIpc) is 3.61. The molecule has 4 aromatic carbocycles. The summed E-state index contributed by atoms with van der Waals surface area (Å²) in [6.07, 6.45) is 0.247. The van der Waals surface area contributed by atoms with Crippen LogP contribution in [0.1, 0.15) is 69.6 Å². The number of piperidine rings is 1. The SMILES string of the molecule is CC1C(CN2CCC3(CC2)C(=O)NCN3c2ccccc2)OC(c2ccc(N3C(=O)c4ccccc4C3=O)cc2)OC1c1ccc(CO)cc1. The van der Waals surface area contributed by atoms with Crippen LogP contribution in [0.5, 0.6) is 0 Å². The second kappa shape index (κ2) is 13.1. The molecule has 256 valence electrons. The highest BCUT2D eigenvalue weighted by Gasteiger charge is 2.51. The van der Waals surface area contributed by atoms with Crippen molar-refractivity contribution in [2.45, 2.75) is 50.4 Å². The number of imide groups is 1. The van der Waals surface area contributed by atoms with Gasteiger partial charge in [-0.3, -0.25) is 14.4 Å². The number of carbonyl (C=O) groups excluding carboxylic acids is 3. The maximum absolute atomic E-state index is 13.3. The topological polar surface area (TPSA) is 112 Å². The Labute approximate surface area is 291 Å². The van der Waals surface area contributed by atoms with E-state index in [1.54, 1.807) is 36.4 Å².